The van der Waals surface area contributed by atoms with Gasteiger partial charge in [-0.25, -0.2) is 0 Å². The second-order valence-electron chi connectivity index (χ2n) is 4.34. The molecular formula is C16H13ClN2. The van der Waals surface area contributed by atoms with E-state index in [4.69, 9.17) is 11.6 Å². The zero-order valence-corrected chi connectivity index (χ0v) is 11.6. The Kier molecular flexibility index (Phi) is 3.99. The Balaban J connectivity index is 2.56. The lowest BCUT2D eigenvalue weighted by atomic mass is 10.0. The van der Waals surface area contributed by atoms with Crippen molar-refractivity contribution in [3.8, 4) is 6.07 Å². The van der Waals surface area contributed by atoms with Gasteiger partial charge in [-0.1, -0.05) is 29.8 Å². The molecule has 0 saturated carbocycles. The van der Waals surface area contributed by atoms with Gasteiger partial charge in [0.2, 0.25) is 0 Å². The third-order valence-electron chi connectivity index (χ3n) is 3.06. The average Bonchev–Trinajstić information content (AvgIpc) is 2.44. The Morgan fingerprint density at radius 3 is 2.32 bits per heavy atom. The fourth-order valence-corrected chi connectivity index (χ4v) is 2.05. The minimum absolute atomic E-state index is 0.465. The minimum Gasteiger partial charge on any atom is -0.265 e. The zero-order valence-electron chi connectivity index (χ0n) is 10.8. The lowest BCUT2D eigenvalue weighted by molar-refractivity contribution is 1.32. The van der Waals surface area contributed by atoms with E-state index in [-0.39, 0.29) is 0 Å². The van der Waals surface area contributed by atoms with Crippen molar-refractivity contribution in [2.24, 2.45) is 0 Å². The van der Waals surface area contributed by atoms with E-state index in [1.54, 1.807) is 24.5 Å². The van der Waals surface area contributed by atoms with E-state index in [0.29, 0.717) is 10.6 Å². The number of allylic oxidation sites excluding steroid dienone is 1. The Bertz CT molecular complexity index is 667. The first kappa shape index (κ1) is 13.3. The maximum Gasteiger partial charge on any atom is 0.101 e. The number of aryl methyl sites for hydroxylation is 2. The number of benzene rings is 1. The first-order valence-corrected chi connectivity index (χ1v) is 6.29. The highest BCUT2D eigenvalue weighted by molar-refractivity contribution is 6.53. The molecule has 0 radical (unpaired) electrons. The van der Waals surface area contributed by atoms with Crippen LogP contribution < -0.4 is 0 Å². The van der Waals surface area contributed by atoms with Gasteiger partial charge in [0.1, 0.15) is 6.07 Å². The van der Waals surface area contributed by atoms with Gasteiger partial charge in [0, 0.05) is 12.4 Å². The van der Waals surface area contributed by atoms with Gasteiger partial charge in [-0.15, -0.1) is 0 Å². The monoisotopic (exact) mass is 268 g/mol. The van der Waals surface area contributed by atoms with E-state index >= 15 is 0 Å². The van der Waals surface area contributed by atoms with Crippen molar-refractivity contribution >= 4 is 22.2 Å². The maximum atomic E-state index is 9.32. The van der Waals surface area contributed by atoms with Gasteiger partial charge < -0.3 is 0 Å². The molecule has 0 atom stereocenters. The molecule has 1 aromatic heterocycles. The Hall–Kier alpha value is -2.11. The molecule has 19 heavy (non-hydrogen) atoms. The summed E-state index contributed by atoms with van der Waals surface area (Å²) >= 11 is 6.37. The van der Waals surface area contributed by atoms with Crippen LogP contribution in [0.15, 0.2) is 42.7 Å². The predicted molar refractivity (Wildman–Crippen MR) is 78.4 cm³/mol. The van der Waals surface area contributed by atoms with E-state index in [9.17, 15) is 5.26 Å². The third-order valence-corrected chi connectivity index (χ3v) is 3.47. The molecule has 94 valence electrons. The normalized spacial score (nSPS) is 11.7. The van der Waals surface area contributed by atoms with Crippen LogP contribution in [0.2, 0.25) is 0 Å². The summed E-state index contributed by atoms with van der Waals surface area (Å²) in [4.78, 5) is 3.94. The molecule has 0 aliphatic heterocycles. The summed E-state index contributed by atoms with van der Waals surface area (Å²) in [5.74, 6) is 0. The molecule has 0 saturated heterocycles. The number of halogens is 1. The number of nitrogens with zero attached hydrogens (tertiary/aromatic N) is 2. The highest BCUT2D eigenvalue weighted by Gasteiger charge is 2.10. The van der Waals surface area contributed by atoms with Crippen LogP contribution in [0.1, 0.15) is 22.3 Å². The second-order valence-corrected chi connectivity index (χ2v) is 4.71. The molecule has 0 amide bonds. The summed E-state index contributed by atoms with van der Waals surface area (Å²) in [7, 11) is 0. The standard InChI is InChI=1S/C16H13ClN2/c1-11-3-4-14(9-12(11)2)16(17)15(10-18)13-5-7-19-8-6-13/h3-9H,1-2H3/b16-15+. The van der Waals surface area contributed by atoms with Gasteiger partial charge >= 0.3 is 0 Å². The molecule has 0 bridgehead atoms. The highest BCUT2D eigenvalue weighted by Crippen LogP contribution is 2.29. The van der Waals surface area contributed by atoms with Gasteiger partial charge in [0.15, 0.2) is 0 Å². The highest BCUT2D eigenvalue weighted by atomic mass is 35.5. The fourth-order valence-electron chi connectivity index (χ4n) is 1.78. The summed E-state index contributed by atoms with van der Waals surface area (Å²) in [6.07, 6.45) is 3.30. The molecule has 2 rings (SSSR count). The smallest absolute Gasteiger partial charge is 0.101 e. The summed E-state index contributed by atoms with van der Waals surface area (Å²) in [5.41, 5.74) is 4.46. The van der Waals surface area contributed by atoms with Crippen molar-refractivity contribution in [3.63, 3.8) is 0 Å². The van der Waals surface area contributed by atoms with Crippen molar-refractivity contribution in [1.29, 1.82) is 5.26 Å². The van der Waals surface area contributed by atoms with E-state index in [0.717, 1.165) is 16.7 Å². The first-order chi connectivity index (χ1) is 9.13. The first-order valence-electron chi connectivity index (χ1n) is 5.91. The SMILES string of the molecule is Cc1ccc(/C(Cl)=C(/C#N)c2ccncc2)cc1C. The topological polar surface area (TPSA) is 36.7 Å². The van der Waals surface area contributed by atoms with Gasteiger partial charge in [-0.2, -0.15) is 5.26 Å². The summed E-state index contributed by atoms with van der Waals surface area (Å²) in [6.45, 7) is 4.08. The molecule has 0 aliphatic rings. The van der Waals surface area contributed by atoms with Crippen LogP contribution in [0, 0.1) is 25.2 Å². The van der Waals surface area contributed by atoms with Crippen molar-refractivity contribution in [3.05, 3.63) is 65.0 Å². The van der Waals surface area contributed by atoms with Gasteiger partial charge in [-0.3, -0.25) is 4.98 Å². The summed E-state index contributed by atoms with van der Waals surface area (Å²) < 4.78 is 0. The summed E-state index contributed by atoms with van der Waals surface area (Å²) in [5, 5.41) is 9.79. The molecule has 0 N–H and O–H groups in total. The summed E-state index contributed by atoms with van der Waals surface area (Å²) in [6, 6.07) is 11.7. The van der Waals surface area contributed by atoms with Gasteiger partial charge in [0.05, 0.1) is 10.6 Å². The Morgan fingerprint density at radius 1 is 1.05 bits per heavy atom. The number of hydrogen-bond donors (Lipinski definition) is 0. The van der Waals surface area contributed by atoms with Crippen molar-refractivity contribution in [1.82, 2.24) is 4.98 Å². The van der Waals surface area contributed by atoms with Crippen LogP contribution in [0.25, 0.3) is 10.6 Å². The van der Waals surface area contributed by atoms with Crippen LogP contribution in [0.4, 0.5) is 0 Å². The number of rotatable bonds is 2. The quantitative estimate of drug-likeness (QED) is 0.760. The van der Waals surface area contributed by atoms with Crippen molar-refractivity contribution < 1.29 is 0 Å². The number of pyridine rings is 1. The molecule has 3 heteroatoms. The molecule has 1 aromatic carbocycles. The predicted octanol–water partition coefficient (Wildman–Crippen LogP) is 4.33. The second kappa shape index (κ2) is 5.69. The zero-order chi connectivity index (χ0) is 13.8. The number of nitriles is 1. The van der Waals surface area contributed by atoms with Crippen LogP contribution in [0.3, 0.4) is 0 Å². The van der Waals surface area contributed by atoms with Crippen molar-refractivity contribution in [2.75, 3.05) is 0 Å². The molecule has 0 aliphatic carbocycles. The lowest BCUT2D eigenvalue weighted by Gasteiger charge is -2.07. The molecule has 2 aromatic rings. The van der Waals surface area contributed by atoms with Crippen LogP contribution in [0.5, 0.6) is 0 Å². The van der Waals surface area contributed by atoms with Crippen molar-refractivity contribution in [2.45, 2.75) is 13.8 Å². The number of hydrogen-bond acceptors (Lipinski definition) is 2. The fraction of sp³-hybridized carbons (Fsp3) is 0.125. The number of aromatic nitrogens is 1. The van der Waals surface area contributed by atoms with E-state index < -0.39 is 0 Å². The minimum atomic E-state index is 0.465. The van der Waals surface area contributed by atoms with E-state index in [1.165, 1.54) is 5.56 Å². The van der Waals surface area contributed by atoms with E-state index in [1.807, 2.05) is 32.0 Å². The average molecular weight is 269 g/mol. The maximum absolute atomic E-state index is 9.32. The molecular weight excluding hydrogens is 256 g/mol. The molecule has 2 nitrogen and oxygen atoms in total. The lowest BCUT2D eigenvalue weighted by Crippen LogP contribution is -1.89. The van der Waals surface area contributed by atoms with Crippen LogP contribution in [-0.4, -0.2) is 4.98 Å². The third kappa shape index (κ3) is 2.83. The Labute approximate surface area is 118 Å². The molecule has 0 fully saturated rings. The molecule has 0 unspecified atom stereocenters. The van der Waals surface area contributed by atoms with Gasteiger partial charge in [-0.05, 0) is 48.2 Å². The largest absolute Gasteiger partial charge is 0.265 e. The van der Waals surface area contributed by atoms with Gasteiger partial charge in [0.25, 0.3) is 0 Å². The van der Waals surface area contributed by atoms with E-state index in [2.05, 4.69) is 11.1 Å². The van der Waals surface area contributed by atoms with Crippen LogP contribution in [-0.2, 0) is 0 Å². The van der Waals surface area contributed by atoms with Crippen LogP contribution >= 0.6 is 11.6 Å². The molecule has 0 spiro atoms. The Morgan fingerprint density at radius 2 is 1.74 bits per heavy atom. The molecule has 1 heterocycles.